The van der Waals surface area contributed by atoms with Crippen LogP contribution in [0.4, 0.5) is 0 Å². The van der Waals surface area contributed by atoms with Crippen LogP contribution in [-0.2, 0) is 22.9 Å². The Balaban J connectivity index is 3.98. The second kappa shape index (κ2) is 6.71. The predicted octanol–water partition coefficient (Wildman–Crippen LogP) is 2.08. The Kier molecular flexibility index (Phi) is 6.32. The molecule has 0 unspecified atom stereocenters. The van der Waals surface area contributed by atoms with Gasteiger partial charge in [0.25, 0.3) is 0 Å². The van der Waals surface area contributed by atoms with E-state index in [1.165, 1.54) is 7.11 Å². The molecule has 5 nitrogen and oxygen atoms in total. The molecule has 0 aliphatic carbocycles. The first-order valence-corrected chi connectivity index (χ1v) is 4.96. The van der Waals surface area contributed by atoms with Gasteiger partial charge in [-0.3, -0.25) is 4.52 Å². The Hall–Kier alpha value is -0.770. The van der Waals surface area contributed by atoms with Gasteiger partial charge >= 0.3 is 7.82 Å². The molecule has 6 heteroatoms. The third-order valence-corrected chi connectivity index (χ3v) is 2.26. The average Bonchev–Trinajstić information content (AvgIpc) is 2.05. The Morgan fingerprint density at radius 2 is 1.77 bits per heavy atom. The van der Waals surface area contributed by atoms with Crippen LogP contribution in [-0.4, -0.2) is 20.3 Å². The molecule has 0 amide bonds. The summed E-state index contributed by atoms with van der Waals surface area (Å²) in [6.07, 6.45) is 1.97. The van der Waals surface area contributed by atoms with Crippen molar-refractivity contribution < 1.29 is 22.9 Å². The van der Waals surface area contributed by atoms with Crippen molar-refractivity contribution in [2.24, 2.45) is 0 Å². The number of phosphoric ester groups is 1. The Labute approximate surface area is 77.6 Å². The molecular weight excluding hydrogens is 195 g/mol. The number of hydrogen-bond acceptors (Lipinski definition) is 5. The minimum atomic E-state index is -3.57. The highest BCUT2D eigenvalue weighted by molar-refractivity contribution is 7.48. The van der Waals surface area contributed by atoms with Crippen LogP contribution >= 0.6 is 7.82 Å². The fourth-order valence-electron chi connectivity index (χ4n) is 0.501. The van der Waals surface area contributed by atoms with Gasteiger partial charge in [0.1, 0.15) is 0 Å². The van der Waals surface area contributed by atoms with Crippen molar-refractivity contribution in [3.8, 4) is 0 Å². The van der Waals surface area contributed by atoms with Crippen molar-refractivity contribution in [3.63, 3.8) is 0 Å². The van der Waals surface area contributed by atoms with Gasteiger partial charge in [-0.15, -0.1) is 0 Å². The molecule has 0 atom stereocenters. The summed E-state index contributed by atoms with van der Waals surface area (Å²) in [6.45, 7) is 6.88. The molecule has 13 heavy (non-hydrogen) atoms. The standard InChI is InChI=1S/C7H13O5P/c1-4-10-13(8,11-5-2)12-7-6-9-3/h4-5H,1-2,6-7H2,3H3. The van der Waals surface area contributed by atoms with Gasteiger partial charge in [0.05, 0.1) is 25.7 Å². The minimum Gasteiger partial charge on any atom is -0.404 e. The fourth-order valence-corrected chi connectivity index (χ4v) is 1.34. The second-order valence-corrected chi connectivity index (χ2v) is 3.39. The molecule has 0 N–H and O–H groups in total. The molecule has 0 aliphatic rings. The quantitative estimate of drug-likeness (QED) is 0.347. The highest BCUT2D eigenvalue weighted by Gasteiger charge is 2.26. The highest BCUT2D eigenvalue weighted by Crippen LogP contribution is 2.49. The van der Waals surface area contributed by atoms with Gasteiger partial charge in [0, 0.05) is 7.11 Å². The van der Waals surface area contributed by atoms with Crippen LogP contribution in [0.3, 0.4) is 0 Å². The zero-order chi connectivity index (χ0) is 10.2. The Morgan fingerprint density at radius 1 is 1.23 bits per heavy atom. The van der Waals surface area contributed by atoms with Gasteiger partial charge in [-0.1, -0.05) is 13.2 Å². The highest BCUT2D eigenvalue weighted by atomic mass is 31.2. The first-order chi connectivity index (χ1) is 6.18. The van der Waals surface area contributed by atoms with Crippen molar-refractivity contribution in [2.45, 2.75) is 0 Å². The third kappa shape index (κ3) is 5.47. The lowest BCUT2D eigenvalue weighted by Crippen LogP contribution is -2.01. The van der Waals surface area contributed by atoms with Crippen LogP contribution in [0, 0.1) is 0 Å². The van der Waals surface area contributed by atoms with Crippen LogP contribution in [0.5, 0.6) is 0 Å². The van der Waals surface area contributed by atoms with E-state index in [1.807, 2.05) is 0 Å². The minimum absolute atomic E-state index is 0.107. The Morgan fingerprint density at radius 3 is 2.15 bits per heavy atom. The van der Waals surface area contributed by atoms with E-state index in [9.17, 15) is 4.57 Å². The topological polar surface area (TPSA) is 54.0 Å². The van der Waals surface area contributed by atoms with E-state index in [4.69, 9.17) is 4.52 Å². The van der Waals surface area contributed by atoms with Gasteiger partial charge < -0.3 is 13.8 Å². The summed E-state index contributed by atoms with van der Waals surface area (Å²) in [4.78, 5) is 0. The van der Waals surface area contributed by atoms with Crippen LogP contribution in [0.2, 0.25) is 0 Å². The first kappa shape index (κ1) is 12.2. The molecule has 0 radical (unpaired) electrons. The first-order valence-electron chi connectivity index (χ1n) is 3.50. The van der Waals surface area contributed by atoms with E-state index in [0.717, 1.165) is 12.5 Å². The molecule has 0 fully saturated rings. The van der Waals surface area contributed by atoms with E-state index in [1.54, 1.807) is 0 Å². The fraction of sp³-hybridized carbons (Fsp3) is 0.429. The van der Waals surface area contributed by atoms with Crippen LogP contribution in [0.25, 0.3) is 0 Å². The molecule has 76 valence electrons. The number of rotatable bonds is 8. The lowest BCUT2D eigenvalue weighted by Gasteiger charge is -2.13. The maximum absolute atomic E-state index is 11.4. The lowest BCUT2D eigenvalue weighted by molar-refractivity contribution is 0.114. The summed E-state index contributed by atoms with van der Waals surface area (Å²) in [6, 6.07) is 0. The van der Waals surface area contributed by atoms with E-state index < -0.39 is 7.82 Å². The zero-order valence-corrected chi connectivity index (χ0v) is 8.37. The molecule has 0 heterocycles. The van der Waals surface area contributed by atoms with Gasteiger partial charge in [0.2, 0.25) is 0 Å². The molecule has 0 saturated carbocycles. The molecule has 0 aromatic heterocycles. The molecular formula is C7H13O5P. The second-order valence-electron chi connectivity index (χ2n) is 1.82. The molecule has 0 aromatic rings. The predicted molar refractivity (Wildman–Crippen MR) is 48.0 cm³/mol. The van der Waals surface area contributed by atoms with Crippen LogP contribution in [0.1, 0.15) is 0 Å². The van der Waals surface area contributed by atoms with Crippen molar-refractivity contribution in [2.75, 3.05) is 20.3 Å². The van der Waals surface area contributed by atoms with Crippen LogP contribution in [0.15, 0.2) is 25.7 Å². The zero-order valence-electron chi connectivity index (χ0n) is 7.47. The monoisotopic (exact) mass is 208 g/mol. The van der Waals surface area contributed by atoms with E-state index >= 15 is 0 Å². The van der Waals surface area contributed by atoms with Crippen molar-refractivity contribution in [1.29, 1.82) is 0 Å². The normalized spacial score (nSPS) is 10.5. The molecule has 0 aliphatic heterocycles. The van der Waals surface area contributed by atoms with E-state index in [-0.39, 0.29) is 6.61 Å². The summed E-state index contributed by atoms with van der Waals surface area (Å²) in [5.74, 6) is 0. The number of methoxy groups -OCH3 is 1. The van der Waals surface area contributed by atoms with E-state index in [0.29, 0.717) is 6.61 Å². The van der Waals surface area contributed by atoms with Crippen molar-refractivity contribution >= 4 is 7.82 Å². The summed E-state index contributed by atoms with van der Waals surface area (Å²) >= 11 is 0. The largest absolute Gasteiger partial charge is 0.586 e. The van der Waals surface area contributed by atoms with Crippen molar-refractivity contribution in [1.82, 2.24) is 0 Å². The smallest absolute Gasteiger partial charge is 0.404 e. The number of hydrogen-bond donors (Lipinski definition) is 0. The third-order valence-electron chi connectivity index (χ3n) is 0.944. The lowest BCUT2D eigenvalue weighted by atomic mass is 10.8. The Bertz CT molecular complexity index is 189. The molecule has 0 bridgehead atoms. The average molecular weight is 208 g/mol. The molecule has 0 saturated heterocycles. The summed E-state index contributed by atoms with van der Waals surface area (Å²) in [7, 11) is -2.07. The maximum atomic E-state index is 11.4. The summed E-state index contributed by atoms with van der Waals surface area (Å²) < 4.78 is 30.0. The SMILES string of the molecule is C=COP(=O)(OC=C)OCCOC. The van der Waals surface area contributed by atoms with E-state index in [2.05, 4.69) is 26.9 Å². The number of phosphoric acid groups is 1. The van der Waals surface area contributed by atoms with Gasteiger partial charge in [-0.05, 0) is 0 Å². The van der Waals surface area contributed by atoms with Gasteiger partial charge in [-0.2, -0.15) is 0 Å². The summed E-state index contributed by atoms with van der Waals surface area (Å²) in [5.41, 5.74) is 0. The summed E-state index contributed by atoms with van der Waals surface area (Å²) in [5, 5.41) is 0. The number of ether oxygens (including phenoxy) is 1. The molecule has 0 spiro atoms. The molecule has 0 rings (SSSR count). The van der Waals surface area contributed by atoms with Gasteiger partial charge in [0.15, 0.2) is 0 Å². The maximum Gasteiger partial charge on any atom is 0.586 e. The van der Waals surface area contributed by atoms with Crippen LogP contribution < -0.4 is 0 Å². The van der Waals surface area contributed by atoms with Crippen molar-refractivity contribution in [3.05, 3.63) is 25.7 Å². The van der Waals surface area contributed by atoms with Gasteiger partial charge in [-0.25, -0.2) is 4.57 Å². The molecule has 0 aromatic carbocycles.